The van der Waals surface area contributed by atoms with E-state index in [0.717, 1.165) is 19.3 Å². The van der Waals surface area contributed by atoms with Gasteiger partial charge in [0.1, 0.15) is 5.75 Å². The van der Waals surface area contributed by atoms with Crippen LogP contribution in [-0.2, 0) is 6.42 Å². The number of unbranched alkanes of at least 4 members (excludes halogenated alkanes) is 1. The maximum absolute atomic E-state index is 10.8. The van der Waals surface area contributed by atoms with Gasteiger partial charge in [-0.1, -0.05) is 30.3 Å². The lowest BCUT2D eigenvalue weighted by molar-refractivity contribution is 0.0697. The fourth-order valence-corrected chi connectivity index (χ4v) is 2.07. The van der Waals surface area contributed by atoms with Crippen molar-refractivity contribution in [1.82, 2.24) is 0 Å². The van der Waals surface area contributed by atoms with Gasteiger partial charge in [-0.2, -0.15) is 0 Å². The molecule has 0 aliphatic heterocycles. The number of ether oxygens (including phenoxy) is 1. The fourth-order valence-electron chi connectivity index (χ4n) is 2.07. The Morgan fingerprint density at radius 2 is 1.86 bits per heavy atom. The molecule has 4 nitrogen and oxygen atoms in total. The molecule has 0 amide bonds. The molecule has 0 atom stereocenters. The number of nitrogens with two attached hydrogens (primary N) is 1. The molecule has 4 heteroatoms. The van der Waals surface area contributed by atoms with E-state index in [4.69, 9.17) is 15.6 Å². The van der Waals surface area contributed by atoms with Gasteiger partial charge in [0.25, 0.3) is 0 Å². The summed E-state index contributed by atoms with van der Waals surface area (Å²) >= 11 is 0. The molecule has 0 radical (unpaired) electrons. The van der Waals surface area contributed by atoms with Crippen molar-refractivity contribution in [3.05, 3.63) is 59.7 Å². The van der Waals surface area contributed by atoms with Crippen molar-refractivity contribution in [1.29, 1.82) is 0 Å². The first-order valence-electron chi connectivity index (χ1n) is 6.96. The maximum Gasteiger partial charge on any atom is 0.335 e. The number of carboxylic acid groups (broad SMARTS) is 1. The predicted octanol–water partition coefficient (Wildman–Crippen LogP) is 3.37. The first kappa shape index (κ1) is 14.9. The minimum absolute atomic E-state index is 0.170. The first-order chi connectivity index (χ1) is 10.2. The molecular formula is C17H19NO3. The number of benzene rings is 2. The van der Waals surface area contributed by atoms with E-state index in [-0.39, 0.29) is 5.56 Å². The summed E-state index contributed by atoms with van der Waals surface area (Å²) in [6.45, 7) is 0.573. The van der Waals surface area contributed by atoms with Crippen molar-refractivity contribution in [2.75, 3.05) is 12.3 Å². The minimum Gasteiger partial charge on any atom is -0.491 e. The molecule has 0 fully saturated rings. The molecule has 21 heavy (non-hydrogen) atoms. The number of hydrogen-bond donors (Lipinski definition) is 2. The molecule has 0 unspecified atom stereocenters. The van der Waals surface area contributed by atoms with Crippen LogP contribution in [0.1, 0.15) is 28.8 Å². The van der Waals surface area contributed by atoms with Crippen LogP contribution in [0.25, 0.3) is 0 Å². The van der Waals surface area contributed by atoms with Gasteiger partial charge >= 0.3 is 5.97 Å². The Hall–Kier alpha value is -2.49. The van der Waals surface area contributed by atoms with Gasteiger partial charge in [-0.3, -0.25) is 0 Å². The quantitative estimate of drug-likeness (QED) is 0.604. The summed E-state index contributed by atoms with van der Waals surface area (Å²) in [6.07, 6.45) is 2.99. The van der Waals surface area contributed by atoms with Gasteiger partial charge in [0.15, 0.2) is 0 Å². The van der Waals surface area contributed by atoms with Crippen LogP contribution in [0.2, 0.25) is 0 Å². The molecule has 2 aromatic rings. The number of aromatic carboxylic acids is 1. The van der Waals surface area contributed by atoms with Crippen LogP contribution < -0.4 is 10.5 Å². The van der Waals surface area contributed by atoms with E-state index < -0.39 is 5.97 Å². The lowest BCUT2D eigenvalue weighted by atomic mass is 10.1. The lowest BCUT2D eigenvalue weighted by Gasteiger charge is -2.09. The van der Waals surface area contributed by atoms with Crippen LogP contribution in [0.15, 0.2) is 48.5 Å². The summed E-state index contributed by atoms with van der Waals surface area (Å²) in [4.78, 5) is 10.8. The largest absolute Gasteiger partial charge is 0.491 e. The van der Waals surface area contributed by atoms with Gasteiger partial charge in [-0.05, 0) is 43.0 Å². The molecule has 0 aliphatic rings. The maximum atomic E-state index is 10.8. The molecule has 0 saturated carbocycles. The zero-order chi connectivity index (χ0) is 15.1. The van der Waals surface area contributed by atoms with Gasteiger partial charge in [-0.25, -0.2) is 4.79 Å². The van der Waals surface area contributed by atoms with Gasteiger partial charge in [0.05, 0.1) is 17.9 Å². The number of carbonyl (C=O) groups is 1. The Balaban J connectivity index is 1.75. The van der Waals surface area contributed by atoms with E-state index in [1.165, 1.54) is 17.7 Å². The van der Waals surface area contributed by atoms with Crippen LogP contribution in [-0.4, -0.2) is 17.7 Å². The predicted molar refractivity (Wildman–Crippen MR) is 82.7 cm³/mol. The molecule has 0 bridgehead atoms. The number of carboxylic acids is 1. The molecule has 110 valence electrons. The average molecular weight is 285 g/mol. The van der Waals surface area contributed by atoms with Crippen LogP contribution in [0.5, 0.6) is 5.75 Å². The average Bonchev–Trinajstić information content (AvgIpc) is 2.49. The summed E-state index contributed by atoms with van der Waals surface area (Å²) in [6, 6.07) is 14.8. The van der Waals surface area contributed by atoms with Crippen molar-refractivity contribution in [3.8, 4) is 5.75 Å². The summed E-state index contributed by atoms with van der Waals surface area (Å²) < 4.78 is 5.59. The van der Waals surface area contributed by atoms with Crippen molar-refractivity contribution in [2.24, 2.45) is 0 Å². The summed E-state index contributed by atoms with van der Waals surface area (Å²) in [5.41, 5.74) is 7.63. The van der Waals surface area contributed by atoms with Crippen molar-refractivity contribution in [2.45, 2.75) is 19.3 Å². The number of aryl methyl sites for hydroxylation is 1. The molecule has 0 aromatic heterocycles. The van der Waals surface area contributed by atoms with Crippen LogP contribution in [0.4, 0.5) is 5.69 Å². The highest BCUT2D eigenvalue weighted by molar-refractivity contribution is 5.89. The van der Waals surface area contributed by atoms with Gasteiger partial charge in [0, 0.05) is 0 Å². The third-order valence-corrected chi connectivity index (χ3v) is 3.22. The van der Waals surface area contributed by atoms with Crippen molar-refractivity contribution >= 4 is 11.7 Å². The Morgan fingerprint density at radius 1 is 1.10 bits per heavy atom. The van der Waals surface area contributed by atoms with Crippen LogP contribution >= 0.6 is 0 Å². The summed E-state index contributed by atoms with van der Waals surface area (Å²) in [5, 5.41) is 8.86. The highest BCUT2D eigenvalue weighted by Gasteiger charge is 2.06. The van der Waals surface area contributed by atoms with Crippen molar-refractivity contribution < 1.29 is 14.6 Å². The molecule has 0 heterocycles. The molecule has 0 saturated heterocycles. The summed E-state index contributed by atoms with van der Waals surface area (Å²) in [7, 11) is 0. The third kappa shape index (κ3) is 4.53. The topological polar surface area (TPSA) is 72.6 Å². The summed E-state index contributed by atoms with van der Waals surface area (Å²) in [5.74, 6) is -0.448. The second kappa shape index (κ2) is 7.33. The number of nitrogen functional groups attached to an aromatic ring is 1. The second-order valence-electron chi connectivity index (χ2n) is 4.85. The molecule has 0 aliphatic carbocycles. The van der Waals surface area contributed by atoms with E-state index in [0.29, 0.717) is 18.0 Å². The van der Waals surface area contributed by atoms with E-state index in [9.17, 15) is 4.79 Å². The third-order valence-electron chi connectivity index (χ3n) is 3.22. The Kier molecular flexibility index (Phi) is 5.21. The van der Waals surface area contributed by atoms with Gasteiger partial charge in [0.2, 0.25) is 0 Å². The SMILES string of the molecule is Nc1cc(C(=O)O)ccc1OCCCCc1ccccc1. The highest BCUT2D eigenvalue weighted by Crippen LogP contribution is 2.22. The van der Waals surface area contributed by atoms with E-state index >= 15 is 0 Å². The highest BCUT2D eigenvalue weighted by atomic mass is 16.5. The van der Waals surface area contributed by atoms with E-state index in [2.05, 4.69) is 12.1 Å². The standard InChI is InChI=1S/C17H19NO3/c18-15-12-14(17(19)20)9-10-16(15)21-11-5-4-8-13-6-2-1-3-7-13/h1-3,6-7,9-10,12H,4-5,8,11,18H2,(H,19,20). The fraction of sp³-hybridized carbons (Fsp3) is 0.235. The first-order valence-corrected chi connectivity index (χ1v) is 6.96. The molecule has 3 N–H and O–H groups in total. The number of anilines is 1. The normalized spacial score (nSPS) is 10.3. The number of rotatable bonds is 7. The van der Waals surface area contributed by atoms with E-state index in [1.54, 1.807) is 6.07 Å². The van der Waals surface area contributed by atoms with Crippen molar-refractivity contribution in [3.63, 3.8) is 0 Å². The van der Waals surface area contributed by atoms with Crippen LogP contribution in [0.3, 0.4) is 0 Å². The number of hydrogen-bond acceptors (Lipinski definition) is 3. The zero-order valence-electron chi connectivity index (χ0n) is 11.8. The molecule has 2 aromatic carbocycles. The van der Waals surface area contributed by atoms with Gasteiger partial charge < -0.3 is 15.6 Å². The Labute approximate surface area is 124 Å². The zero-order valence-corrected chi connectivity index (χ0v) is 11.8. The second-order valence-corrected chi connectivity index (χ2v) is 4.85. The molecular weight excluding hydrogens is 266 g/mol. The Bertz CT molecular complexity index is 596. The van der Waals surface area contributed by atoms with E-state index in [1.807, 2.05) is 18.2 Å². The van der Waals surface area contributed by atoms with Crippen LogP contribution in [0, 0.1) is 0 Å². The minimum atomic E-state index is -0.990. The monoisotopic (exact) mass is 285 g/mol. The molecule has 2 rings (SSSR count). The van der Waals surface area contributed by atoms with Gasteiger partial charge in [-0.15, -0.1) is 0 Å². The Morgan fingerprint density at radius 3 is 2.52 bits per heavy atom. The smallest absolute Gasteiger partial charge is 0.335 e. The lowest BCUT2D eigenvalue weighted by Crippen LogP contribution is -2.03. The molecule has 0 spiro atoms.